The molecule has 0 fully saturated rings. The number of aromatic amines is 1. The third-order valence-corrected chi connectivity index (χ3v) is 6.12. The van der Waals surface area contributed by atoms with Crippen molar-refractivity contribution in [1.82, 2.24) is 4.98 Å². The Labute approximate surface area is 175 Å². The van der Waals surface area contributed by atoms with E-state index in [0.717, 1.165) is 33.3 Å². The lowest BCUT2D eigenvalue weighted by molar-refractivity contribution is 0.0533. The van der Waals surface area contributed by atoms with E-state index in [4.69, 9.17) is 21.4 Å². The molecule has 1 atom stereocenters. The van der Waals surface area contributed by atoms with Crippen LogP contribution in [0.25, 0.3) is 16.3 Å². The minimum Gasteiger partial charge on any atom is -0.803 e. The Morgan fingerprint density at radius 2 is 2.04 bits per heavy atom. The molecule has 0 aliphatic heterocycles. The number of nitrogens with one attached hydrogen (secondary N) is 1. The molecule has 0 amide bonds. The van der Waals surface area contributed by atoms with E-state index in [2.05, 4.69) is 34.8 Å². The lowest BCUT2D eigenvalue weighted by Gasteiger charge is -2.37. The zero-order chi connectivity index (χ0) is 20.2. The van der Waals surface area contributed by atoms with Crippen molar-refractivity contribution in [2.45, 2.75) is 25.4 Å². The van der Waals surface area contributed by atoms with Crippen LogP contribution in [0, 0.1) is 0 Å². The number of H-pyrrole nitrogens is 1. The van der Waals surface area contributed by atoms with Crippen molar-refractivity contribution in [3.63, 3.8) is 0 Å². The number of aliphatic hydroxyl groups is 2. The van der Waals surface area contributed by atoms with Gasteiger partial charge in [0.25, 0.3) is 0 Å². The number of hydrogen-bond donors (Lipinski definition) is 3. The van der Waals surface area contributed by atoms with Gasteiger partial charge in [-0.2, -0.15) is 0 Å². The fourth-order valence-electron chi connectivity index (χ4n) is 3.77. The normalized spacial score (nSPS) is 16.0. The van der Waals surface area contributed by atoms with E-state index in [-0.39, 0.29) is 18.9 Å². The molecule has 0 unspecified atom stereocenters. The maximum Gasteiger partial charge on any atom is 0.133 e. The number of rotatable bonds is 4. The summed E-state index contributed by atoms with van der Waals surface area (Å²) in [6, 6.07) is 9.26. The lowest BCUT2D eigenvalue weighted by atomic mass is 9.71. The Balaban J connectivity index is 1.87. The van der Waals surface area contributed by atoms with E-state index >= 15 is 0 Å². The van der Waals surface area contributed by atoms with Crippen LogP contribution >= 0.6 is 27.5 Å². The second kappa shape index (κ2) is 6.88. The van der Waals surface area contributed by atoms with Gasteiger partial charge in [-0.15, -0.1) is 5.71 Å². The highest BCUT2D eigenvalue weighted by Crippen LogP contribution is 2.46. The number of fused-ring (bicyclic) bond motifs is 4. The van der Waals surface area contributed by atoms with E-state index in [0.29, 0.717) is 15.2 Å². The van der Waals surface area contributed by atoms with Crippen molar-refractivity contribution < 1.29 is 14.9 Å². The molecule has 4 rings (SSSR count). The zero-order valence-corrected chi connectivity index (χ0v) is 17.7. The SMILES string of the molecule is CC1(C)c2cc(OC[C@H](O)CO)c(Br)cc2C(=[N-])c2c1[nH]c1cc(Cl)ccc21. The standard InChI is InChI=1S/C21H19BrClN2O3/c1-21(2)14-7-17(28-9-11(27)8-26)15(22)6-13(14)19(24)18-12-4-3-10(23)5-16(12)25-20(18)21/h3-7,11,25-27H,8-9H2,1-2H3/q-1/t11-/m1/s1. The maximum absolute atomic E-state index is 11.1. The molecule has 1 aliphatic rings. The molecule has 146 valence electrons. The van der Waals surface area contributed by atoms with Gasteiger partial charge in [-0.1, -0.05) is 31.5 Å². The molecule has 7 heteroatoms. The minimum atomic E-state index is -0.957. The predicted molar refractivity (Wildman–Crippen MR) is 115 cm³/mol. The smallest absolute Gasteiger partial charge is 0.133 e. The van der Waals surface area contributed by atoms with Gasteiger partial charge in [0.15, 0.2) is 0 Å². The molecule has 0 spiro atoms. The summed E-state index contributed by atoms with van der Waals surface area (Å²) >= 11 is 9.63. The van der Waals surface area contributed by atoms with Crippen molar-refractivity contribution in [1.29, 1.82) is 0 Å². The first-order chi connectivity index (χ1) is 13.2. The summed E-state index contributed by atoms with van der Waals surface area (Å²) in [7, 11) is 0. The predicted octanol–water partition coefficient (Wildman–Crippen LogP) is 4.36. The summed E-state index contributed by atoms with van der Waals surface area (Å²) in [6.07, 6.45) is -0.957. The average Bonchev–Trinajstić information content (AvgIpc) is 3.04. The molecule has 1 heterocycles. The van der Waals surface area contributed by atoms with E-state index < -0.39 is 11.5 Å². The molecule has 3 N–H and O–H groups in total. The van der Waals surface area contributed by atoms with Gasteiger partial charge in [-0.05, 0) is 56.9 Å². The van der Waals surface area contributed by atoms with Crippen LogP contribution in [0.5, 0.6) is 5.75 Å². The number of benzene rings is 2. The fraction of sp³-hybridized carbons (Fsp3) is 0.286. The molecular formula is C21H19BrClN2O3-. The first-order valence-corrected chi connectivity index (χ1v) is 10.0. The van der Waals surface area contributed by atoms with Crippen molar-refractivity contribution in [2.75, 3.05) is 13.2 Å². The molecule has 0 bridgehead atoms. The van der Waals surface area contributed by atoms with Gasteiger partial charge in [0.05, 0.1) is 11.1 Å². The Hall–Kier alpha value is -1.86. The number of nitrogens with zero attached hydrogens (tertiary/aromatic N) is 1. The van der Waals surface area contributed by atoms with Crippen LogP contribution < -0.4 is 4.74 Å². The molecule has 28 heavy (non-hydrogen) atoms. The minimum absolute atomic E-state index is 0.0276. The Morgan fingerprint density at radius 1 is 1.29 bits per heavy atom. The maximum atomic E-state index is 11.1. The highest BCUT2D eigenvalue weighted by atomic mass is 79.9. The average molecular weight is 463 g/mol. The Kier molecular flexibility index (Phi) is 4.78. The van der Waals surface area contributed by atoms with Gasteiger partial charge in [0.2, 0.25) is 0 Å². The van der Waals surface area contributed by atoms with Crippen molar-refractivity contribution in [2.24, 2.45) is 0 Å². The molecule has 0 saturated carbocycles. The van der Waals surface area contributed by atoms with Crippen LogP contribution in [0.3, 0.4) is 0 Å². The van der Waals surface area contributed by atoms with Crippen molar-refractivity contribution >= 4 is 44.1 Å². The molecule has 0 saturated heterocycles. The van der Waals surface area contributed by atoms with Gasteiger partial charge in [-0.25, -0.2) is 0 Å². The van der Waals surface area contributed by atoms with Crippen LogP contribution in [0.1, 0.15) is 36.2 Å². The zero-order valence-electron chi connectivity index (χ0n) is 15.4. The summed E-state index contributed by atoms with van der Waals surface area (Å²) in [5.74, 6) is 0.537. The van der Waals surface area contributed by atoms with Gasteiger partial charge < -0.3 is 25.3 Å². The number of hydrogen-bond acceptors (Lipinski definition) is 3. The van der Waals surface area contributed by atoms with E-state index in [1.807, 2.05) is 30.3 Å². The topological polar surface area (TPSA) is 87.8 Å². The third kappa shape index (κ3) is 2.95. The van der Waals surface area contributed by atoms with Gasteiger partial charge in [0, 0.05) is 27.0 Å². The number of ether oxygens (including phenoxy) is 1. The van der Waals surface area contributed by atoms with Crippen LogP contribution in [0.4, 0.5) is 0 Å². The summed E-state index contributed by atoms with van der Waals surface area (Å²) in [4.78, 5) is 3.42. The molecule has 5 nitrogen and oxygen atoms in total. The molecule has 2 aromatic carbocycles. The fourth-order valence-corrected chi connectivity index (χ4v) is 4.40. The quantitative estimate of drug-likeness (QED) is 0.538. The Morgan fingerprint density at radius 3 is 2.75 bits per heavy atom. The molecule has 1 aromatic heterocycles. The summed E-state index contributed by atoms with van der Waals surface area (Å²) in [5, 5.41) is 31.2. The molecule has 0 radical (unpaired) electrons. The number of halogens is 2. The first-order valence-electron chi connectivity index (χ1n) is 8.88. The monoisotopic (exact) mass is 461 g/mol. The van der Waals surface area contributed by atoms with Crippen LogP contribution in [0.2, 0.25) is 5.02 Å². The first kappa shape index (κ1) is 19.5. The van der Waals surface area contributed by atoms with Crippen LogP contribution in [-0.4, -0.2) is 40.2 Å². The second-order valence-corrected chi connectivity index (χ2v) is 8.80. The highest BCUT2D eigenvalue weighted by Gasteiger charge is 2.36. The largest absolute Gasteiger partial charge is 0.803 e. The third-order valence-electron chi connectivity index (χ3n) is 5.26. The lowest BCUT2D eigenvalue weighted by Crippen LogP contribution is -2.30. The summed E-state index contributed by atoms with van der Waals surface area (Å²) < 4.78 is 6.33. The van der Waals surface area contributed by atoms with Gasteiger partial charge >= 0.3 is 0 Å². The van der Waals surface area contributed by atoms with E-state index in [9.17, 15) is 10.5 Å². The van der Waals surface area contributed by atoms with Gasteiger partial charge in [-0.3, -0.25) is 0 Å². The van der Waals surface area contributed by atoms with Crippen molar-refractivity contribution in [3.8, 4) is 5.75 Å². The molecule has 1 aliphatic carbocycles. The number of aliphatic hydroxyl groups excluding tert-OH is 2. The van der Waals surface area contributed by atoms with E-state index in [1.54, 1.807) is 0 Å². The second-order valence-electron chi connectivity index (χ2n) is 7.51. The van der Waals surface area contributed by atoms with Crippen LogP contribution in [-0.2, 0) is 5.41 Å². The molecule has 3 aromatic rings. The molecular weight excluding hydrogens is 444 g/mol. The van der Waals surface area contributed by atoms with Crippen molar-refractivity contribution in [3.05, 3.63) is 67.6 Å². The van der Waals surface area contributed by atoms with Crippen LogP contribution in [0.15, 0.2) is 34.8 Å². The summed E-state index contributed by atoms with van der Waals surface area (Å²) in [6.45, 7) is 3.76. The van der Waals surface area contributed by atoms with E-state index in [1.165, 1.54) is 0 Å². The number of aromatic nitrogens is 1. The van der Waals surface area contributed by atoms with Gasteiger partial charge in [0.1, 0.15) is 18.5 Å². The summed E-state index contributed by atoms with van der Waals surface area (Å²) in [5.41, 5.74) is 3.92. The highest BCUT2D eigenvalue weighted by molar-refractivity contribution is 9.10. The Bertz CT molecular complexity index is 1110.